The third-order valence-electron chi connectivity index (χ3n) is 2.57. The molecule has 0 spiro atoms. The van der Waals surface area contributed by atoms with E-state index in [-0.39, 0.29) is 12.0 Å². The van der Waals surface area contributed by atoms with Gasteiger partial charge in [0.2, 0.25) is 5.91 Å². The van der Waals surface area contributed by atoms with Crippen LogP contribution in [-0.4, -0.2) is 40.9 Å². The summed E-state index contributed by atoms with van der Waals surface area (Å²) in [6.07, 6.45) is 0.410. The maximum atomic E-state index is 11.7. The number of β-amino-alcohol motifs (C(OH)–C–C–N with tert-alkyl or cyclic N) is 1. The van der Waals surface area contributed by atoms with E-state index in [4.69, 9.17) is 0 Å². The van der Waals surface area contributed by atoms with E-state index in [2.05, 4.69) is 11.4 Å². The van der Waals surface area contributed by atoms with Crippen LogP contribution >= 0.6 is 23.1 Å². The van der Waals surface area contributed by atoms with Crippen LogP contribution in [0.1, 0.15) is 11.3 Å². The Morgan fingerprint density at radius 2 is 2.56 bits per heavy atom. The lowest BCUT2D eigenvalue weighted by molar-refractivity contribution is -0.127. The van der Waals surface area contributed by atoms with Gasteiger partial charge in [-0.25, -0.2) is 0 Å². The number of aliphatic hydroxyl groups is 1. The molecule has 2 rings (SSSR count). The van der Waals surface area contributed by atoms with Gasteiger partial charge in [-0.2, -0.15) is 0 Å². The largest absolute Gasteiger partial charge is 0.391 e. The molecule has 3 nitrogen and oxygen atoms in total. The summed E-state index contributed by atoms with van der Waals surface area (Å²) in [6, 6.07) is 4.11. The topological polar surface area (TPSA) is 40.5 Å². The molecule has 1 aliphatic rings. The maximum Gasteiger partial charge on any atom is 0.232 e. The monoisotopic (exact) mass is 257 g/mol. The van der Waals surface area contributed by atoms with Gasteiger partial charge in [-0.15, -0.1) is 23.1 Å². The van der Waals surface area contributed by atoms with Gasteiger partial charge in [0, 0.05) is 23.7 Å². The van der Waals surface area contributed by atoms with Crippen molar-refractivity contribution in [2.24, 2.45) is 0 Å². The molecule has 5 heteroatoms. The number of hydrogen-bond acceptors (Lipinski definition) is 4. The predicted molar refractivity (Wildman–Crippen MR) is 67.7 cm³/mol. The molecule has 1 aromatic heterocycles. The van der Waals surface area contributed by atoms with Crippen LogP contribution in [-0.2, 0) is 10.5 Å². The summed E-state index contributed by atoms with van der Waals surface area (Å²) >= 11 is 3.37. The van der Waals surface area contributed by atoms with Gasteiger partial charge in [0.15, 0.2) is 0 Å². The van der Waals surface area contributed by atoms with Crippen molar-refractivity contribution < 1.29 is 9.90 Å². The molecule has 16 heavy (non-hydrogen) atoms. The average molecular weight is 257 g/mol. The first-order valence-electron chi connectivity index (χ1n) is 5.31. The van der Waals surface area contributed by atoms with Gasteiger partial charge >= 0.3 is 0 Å². The number of thioether (sulfide) groups is 1. The Hall–Kier alpha value is -0.520. The number of likely N-dealkylation sites (tertiary alicyclic amines) is 1. The molecule has 0 unspecified atom stereocenters. The predicted octanol–water partition coefficient (Wildman–Crippen LogP) is 1.57. The van der Waals surface area contributed by atoms with Crippen LogP contribution < -0.4 is 0 Å². The van der Waals surface area contributed by atoms with Crippen molar-refractivity contribution in [2.45, 2.75) is 18.3 Å². The zero-order valence-electron chi connectivity index (χ0n) is 8.96. The van der Waals surface area contributed by atoms with Crippen molar-refractivity contribution in [1.29, 1.82) is 0 Å². The molecule has 1 aromatic rings. The number of nitrogens with zero attached hydrogens (tertiary/aromatic N) is 1. The molecule has 1 atom stereocenters. The lowest BCUT2D eigenvalue weighted by atomic mass is 10.3. The number of carbonyl (C=O) groups excluding carboxylic acids is 1. The smallest absolute Gasteiger partial charge is 0.232 e. The molecule has 1 amide bonds. The Kier molecular flexibility index (Phi) is 4.26. The van der Waals surface area contributed by atoms with Gasteiger partial charge in [-0.1, -0.05) is 6.07 Å². The van der Waals surface area contributed by atoms with Crippen LogP contribution in [0.15, 0.2) is 17.5 Å². The van der Waals surface area contributed by atoms with E-state index in [0.717, 1.165) is 12.2 Å². The fraction of sp³-hybridized carbons (Fsp3) is 0.545. The van der Waals surface area contributed by atoms with E-state index < -0.39 is 0 Å². The molecule has 1 saturated heterocycles. The highest BCUT2D eigenvalue weighted by molar-refractivity contribution is 7.99. The number of carbonyl (C=O) groups is 1. The van der Waals surface area contributed by atoms with Gasteiger partial charge in [0.1, 0.15) is 0 Å². The summed E-state index contributed by atoms with van der Waals surface area (Å²) in [5.41, 5.74) is 0. The third kappa shape index (κ3) is 3.23. The molecular weight excluding hydrogens is 242 g/mol. The standard InChI is InChI=1S/C11H15NO2S2/c13-9-3-4-12(6-9)11(14)8-15-7-10-2-1-5-16-10/h1-2,5,9,13H,3-4,6-8H2/t9-/m1/s1. The molecule has 2 heterocycles. The van der Waals surface area contributed by atoms with Crippen molar-refractivity contribution in [3.8, 4) is 0 Å². The Balaban J connectivity index is 1.68. The average Bonchev–Trinajstić information content (AvgIpc) is 2.89. The zero-order chi connectivity index (χ0) is 11.4. The molecular formula is C11H15NO2S2. The fourth-order valence-corrected chi connectivity index (χ4v) is 3.46. The minimum Gasteiger partial charge on any atom is -0.391 e. The minimum atomic E-state index is -0.314. The molecule has 1 aliphatic heterocycles. The Labute approximate surface area is 103 Å². The Morgan fingerprint density at radius 3 is 3.19 bits per heavy atom. The summed E-state index contributed by atoms with van der Waals surface area (Å²) in [6.45, 7) is 1.22. The number of thiophene rings is 1. The molecule has 0 aliphatic carbocycles. The van der Waals surface area contributed by atoms with Crippen LogP contribution in [0.3, 0.4) is 0 Å². The summed E-state index contributed by atoms with van der Waals surface area (Å²) < 4.78 is 0. The second-order valence-corrected chi connectivity index (χ2v) is 5.87. The Morgan fingerprint density at radius 1 is 1.69 bits per heavy atom. The molecule has 0 aromatic carbocycles. The molecule has 0 saturated carbocycles. The van der Waals surface area contributed by atoms with Crippen LogP contribution in [0.5, 0.6) is 0 Å². The van der Waals surface area contributed by atoms with Crippen molar-refractivity contribution in [3.63, 3.8) is 0 Å². The van der Waals surface area contributed by atoms with E-state index in [0.29, 0.717) is 18.8 Å². The first-order chi connectivity index (χ1) is 7.75. The highest BCUT2D eigenvalue weighted by Crippen LogP contribution is 2.18. The number of rotatable bonds is 4. The second-order valence-electron chi connectivity index (χ2n) is 3.85. The summed E-state index contributed by atoms with van der Waals surface area (Å²) in [5, 5.41) is 11.4. The van der Waals surface area contributed by atoms with Crippen molar-refractivity contribution in [3.05, 3.63) is 22.4 Å². The molecule has 1 fully saturated rings. The minimum absolute atomic E-state index is 0.151. The van der Waals surface area contributed by atoms with Crippen LogP contribution in [0.25, 0.3) is 0 Å². The highest BCUT2D eigenvalue weighted by Gasteiger charge is 2.23. The quantitative estimate of drug-likeness (QED) is 0.890. The first-order valence-corrected chi connectivity index (χ1v) is 7.35. The van der Waals surface area contributed by atoms with Crippen LogP contribution in [0.4, 0.5) is 0 Å². The first kappa shape index (κ1) is 12.0. The molecule has 88 valence electrons. The van der Waals surface area contributed by atoms with E-state index in [1.54, 1.807) is 28.0 Å². The second kappa shape index (κ2) is 5.70. The lowest BCUT2D eigenvalue weighted by Crippen LogP contribution is -2.30. The van der Waals surface area contributed by atoms with Gasteiger partial charge in [-0.05, 0) is 17.9 Å². The van der Waals surface area contributed by atoms with E-state index in [1.165, 1.54) is 4.88 Å². The SMILES string of the molecule is O=C(CSCc1cccs1)N1CC[C@@H](O)C1. The molecule has 0 bridgehead atoms. The Bertz CT molecular complexity index is 340. The molecule has 1 N–H and O–H groups in total. The number of aliphatic hydroxyl groups excluding tert-OH is 1. The summed E-state index contributed by atoms with van der Waals surface area (Å²) in [5.74, 6) is 1.57. The van der Waals surface area contributed by atoms with E-state index >= 15 is 0 Å². The lowest BCUT2D eigenvalue weighted by Gasteiger charge is -2.14. The summed E-state index contributed by atoms with van der Waals surface area (Å²) in [7, 11) is 0. The van der Waals surface area contributed by atoms with Gasteiger partial charge in [0.05, 0.1) is 11.9 Å². The van der Waals surface area contributed by atoms with E-state index in [1.807, 2.05) is 6.07 Å². The van der Waals surface area contributed by atoms with Gasteiger partial charge in [-0.3, -0.25) is 4.79 Å². The van der Waals surface area contributed by atoms with Gasteiger partial charge in [0.25, 0.3) is 0 Å². The van der Waals surface area contributed by atoms with Crippen molar-refractivity contribution >= 4 is 29.0 Å². The fourth-order valence-electron chi connectivity index (χ4n) is 1.69. The normalized spacial score (nSPS) is 20.3. The summed E-state index contributed by atoms with van der Waals surface area (Å²) in [4.78, 5) is 14.8. The van der Waals surface area contributed by atoms with Crippen molar-refractivity contribution in [1.82, 2.24) is 4.90 Å². The van der Waals surface area contributed by atoms with Gasteiger partial charge < -0.3 is 10.0 Å². The van der Waals surface area contributed by atoms with Crippen LogP contribution in [0, 0.1) is 0 Å². The maximum absolute atomic E-state index is 11.7. The highest BCUT2D eigenvalue weighted by atomic mass is 32.2. The van der Waals surface area contributed by atoms with Crippen LogP contribution in [0.2, 0.25) is 0 Å². The number of hydrogen-bond donors (Lipinski definition) is 1. The molecule has 0 radical (unpaired) electrons. The third-order valence-corrected chi connectivity index (χ3v) is 4.59. The van der Waals surface area contributed by atoms with E-state index in [9.17, 15) is 9.90 Å². The van der Waals surface area contributed by atoms with Crippen molar-refractivity contribution in [2.75, 3.05) is 18.8 Å². The number of amides is 1. The zero-order valence-corrected chi connectivity index (χ0v) is 10.6.